The van der Waals surface area contributed by atoms with Crippen LogP contribution in [0, 0.1) is 5.82 Å². The van der Waals surface area contributed by atoms with Gasteiger partial charge >= 0.3 is 0 Å². The summed E-state index contributed by atoms with van der Waals surface area (Å²) in [5.74, 6) is 1.32. The molecule has 2 rings (SSSR count). The van der Waals surface area contributed by atoms with E-state index in [0.717, 1.165) is 17.9 Å². The molecule has 0 radical (unpaired) electrons. The van der Waals surface area contributed by atoms with E-state index in [1.165, 1.54) is 18.5 Å². The average Bonchev–Trinajstić information content (AvgIpc) is 2.42. The van der Waals surface area contributed by atoms with Crippen molar-refractivity contribution in [3.05, 3.63) is 40.9 Å². The van der Waals surface area contributed by atoms with Gasteiger partial charge in [-0.3, -0.25) is 0 Å². The second kappa shape index (κ2) is 6.72. The number of hydrogen-bond acceptors (Lipinski definition) is 4. The van der Waals surface area contributed by atoms with Crippen LogP contribution in [0.2, 0.25) is 5.02 Å². The Morgan fingerprint density at radius 2 is 1.95 bits per heavy atom. The number of halogens is 2. The number of rotatable bonds is 5. The number of aromatic nitrogens is 2. The van der Waals surface area contributed by atoms with E-state index in [1.54, 1.807) is 6.07 Å². The number of nitrogens with one attached hydrogen (secondary N) is 2. The lowest BCUT2D eigenvalue weighted by molar-refractivity contribution is 0.628. The van der Waals surface area contributed by atoms with Gasteiger partial charge in [0.1, 0.15) is 23.8 Å². The van der Waals surface area contributed by atoms with Crippen molar-refractivity contribution in [3.8, 4) is 0 Å². The minimum Gasteiger partial charge on any atom is -0.370 e. The van der Waals surface area contributed by atoms with Crippen LogP contribution in [0.15, 0.2) is 24.5 Å². The zero-order valence-electron chi connectivity index (χ0n) is 12.2. The number of benzene rings is 1. The number of anilines is 3. The Hall–Kier alpha value is -1.88. The van der Waals surface area contributed by atoms with Gasteiger partial charge in [0.15, 0.2) is 0 Å². The molecule has 112 valence electrons. The highest BCUT2D eigenvalue weighted by atomic mass is 35.5. The van der Waals surface area contributed by atoms with Gasteiger partial charge in [0.2, 0.25) is 0 Å². The minimum absolute atomic E-state index is 0.224. The molecule has 0 aliphatic heterocycles. The maximum absolute atomic E-state index is 13.1. The zero-order chi connectivity index (χ0) is 15.4. The van der Waals surface area contributed by atoms with E-state index in [0.29, 0.717) is 16.5 Å². The summed E-state index contributed by atoms with van der Waals surface area (Å²) in [7, 11) is 0. The Labute approximate surface area is 128 Å². The lowest BCUT2D eigenvalue weighted by Crippen LogP contribution is -2.09. The van der Waals surface area contributed by atoms with E-state index >= 15 is 0 Å². The Morgan fingerprint density at radius 3 is 2.57 bits per heavy atom. The van der Waals surface area contributed by atoms with Crippen LogP contribution in [0.5, 0.6) is 0 Å². The summed E-state index contributed by atoms with van der Waals surface area (Å²) in [5.41, 5.74) is 1.58. The van der Waals surface area contributed by atoms with Gasteiger partial charge in [-0.05, 0) is 31.0 Å². The van der Waals surface area contributed by atoms with Crippen molar-refractivity contribution in [1.82, 2.24) is 9.97 Å². The van der Waals surface area contributed by atoms with Gasteiger partial charge in [-0.2, -0.15) is 0 Å². The highest BCUT2D eigenvalue weighted by Gasteiger charge is 2.15. The molecule has 0 spiro atoms. The third-order valence-corrected chi connectivity index (χ3v) is 3.30. The molecule has 2 aromatic rings. The predicted octanol–water partition coefficient (Wildman–Crippen LogP) is 4.57. The first-order chi connectivity index (χ1) is 10.0. The quantitative estimate of drug-likeness (QED) is 0.849. The summed E-state index contributed by atoms with van der Waals surface area (Å²) in [4.78, 5) is 8.56. The molecule has 0 fully saturated rings. The summed E-state index contributed by atoms with van der Waals surface area (Å²) in [5, 5.41) is 6.69. The fraction of sp³-hybridized carbons (Fsp3) is 0.333. The van der Waals surface area contributed by atoms with Gasteiger partial charge in [-0.25, -0.2) is 14.4 Å². The molecule has 4 nitrogen and oxygen atoms in total. The molecule has 1 aromatic heterocycles. The topological polar surface area (TPSA) is 49.8 Å². The first-order valence-corrected chi connectivity index (χ1v) is 7.21. The molecule has 0 unspecified atom stereocenters. The van der Waals surface area contributed by atoms with Crippen LogP contribution in [0.3, 0.4) is 0 Å². The van der Waals surface area contributed by atoms with Crippen LogP contribution in [0.25, 0.3) is 0 Å². The van der Waals surface area contributed by atoms with Crippen molar-refractivity contribution in [2.45, 2.75) is 26.7 Å². The van der Waals surface area contributed by atoms with E-state index in [-0.39, 0.29) is 11.7 Å². The van der Waals surface area contributed by atoms with Gasteiger partial charge < -0.3 is 10.6 Å². The van der Waals surface area contributed by atoms with Crippen molar-refractivity contribution >= 4 is 28.9 Å². The molecule has 2 N–H and O–H groups in total. The number of nitrogens with zero attached hydrogens (tertiary/aromatic N) is 2. The maximum atomic E-state index is 13.1. The smallest absolute Gasteiger partial charge is 0.139 e. The third-order valence-electron chi connectivity index (χ3n) is 2.99. The monoisotopic (exact) mass is 308 g/mol. The molecular formula is C15H18ClFN4. The van der Waals surface area contributed by atoms with Crippen molar-refractivity contribution < 1.29 is 4.39 Å². The zero-order valence-corrected chi connectivity index (χ0v) is 13.0. The van der Waals surface area contributed by atoms with E-state index < -0.39 is 0 Å². The van der Waals surface area contributed by atoms with Crippen LogP contribution >= 0.6 is 11.6 Å². The fourth-order valence-electron chi connectivity index (χ4n) is 2.07. The molecule has 0 bridgehead atoms. The SMILES string of the molecule is CCNc1ncnc(Nc2ccc(F)cc2Cl)c1C(C)C. The summed E-state index contributed by atoms with van der Waals surface area (Å²) in [6.07, 6.45) is 1.49. The summed E-state index contributed by atoms with van der Waals surface area (Å²) in [6, 6.07) is 4.22. The van der Waals surface area contributed by atoms with Crippen LogP contribution in [-0.2, 0) is 0 Å². The third kappa shape index (κ3) is 3.61. The molecule has 0 aliphatic rings. The average molecular weight is 309 g/mol. The Bertz CT molecular complexity index is 631. The highest BCUT2D eigenvalue weighted by Crippen LogP contribution is 2.32. The largest absolute Gasteiger partial charge is 0.370 e. The van der Waals surface area contributed by atoms with E-state index in [1.807, 2.05) is 6.92 Å². The standard InChI is InChI=1S/C15H18ClFN4/c1-4-18-14-13(9(2)3)15(20-8-19-14)21-12-6-5-10(17)7-11(12)16/h5-9H,4H2,1-3H3,(H2,18,19,20,21). The summed E-state index contributed by atoms with van der Waals surface area (Å²) in [6.45, 7) is 6.91. The predicted molar refractivity (Wildman–Crippen MR) is 85.0 cm³/mol. The summed E-state index contributed by atoms with van der Waals surface area (Å²) < 4.78 is 13.1. The molecule has 6 heteroatoms. The van der Waals surface area contributed by atoms with Crippen molar-refractivity contribution in [3.63, 3.8) is 0 Å². The van der Waals surface area contributed by atoms with Crippen LogP contribution < -0.4 is 10.6 Å². The van der Waals surface area contributed by atoms with Gasteiger partial charge in [0.05, 0.1) is 10.7 Å². The maximum Gasteiger partial charge on any atom is 0.139 e. The van der Waals surface area contributed by atoms with Gasteiger partial charge in [0.25, 0.3) is 0 Å². The molecule has 0 saturated carbocycles. The molecule has 0 aliphatic carbocycles. The molecule has 1 aromatic carbocycles. The number of hydrogen-bond donors (Lipinski definition) is 2. The van der Waals surface area contributed by atoms with E-state index in [4.69, 9.17) is 11.6 Å². The normalized spacial score (nSPS) is 10.8. The van der Waals surface area contributed by atoms with Crippen LogP contribution in [-0.4, -0.2) is 16.5 Å². The van der Waals surface area contributed by atoms with Crippen LogP contribution in [0.1, 0.15) is 32.3 Å². The van der Waals surface area contributed by atoms with Crippen molar-refractivity contribution in [2.75, 3.05) is 17.2 Å². The van der Waals surface area contributed by atoms with E-state index in [9.17, 15) is 4.39 Å². The minimum atomic E-state index is -0.370. The Balaban J connectivity index is 2.41. The van der Waals surface area contributed by atoms with E-state index in [2.05, 4.69) is 34.4 Å². The fourth-order valence-corrected chi connectivity index (χ4v) is 2.28. The highest BCUT2D eigenvalue weighted by molar-refractivity contribution is 6.33. The second-order valence-corrected chi connectivity index (χ2v) is 5.33. The van der Waals surface area contributed by atoms with Crippen molar-refractivity contribution in [2.24, 2.45) is 0 Å². The molecule has 0 amide bonds. The summed E-state index contributed by atoms with van der Waals surface area (Å²) >= 11 is 6.05. The Kier molecular flexibility index (Phi) is 4.96. The lowest BCUT2D eigenvalue weighted by atomic mass is 10.0. The molecule has 21 heavy (non-hydrogen) atoms. The Morgan fingerprint density at radius 1 is 1.24 bits per heavy atom. The molecule has 0 saturated heterocycles. The lowest BCUT2D eigenvalue weighted by Gasteiger charge is -2.17. The van der Waals surface area contributed by atoms with Crippen molar-refractivity contribution in [1.29, 1.82) is 0 Å². The van der Waals surface area contributed by atoms with Gasteiger partial charge in [-0.15, -0.1) is 0 Å². The molecule has 0 atom stereocenters. The van der Waals surface area contributed by atoms with Crippen LogP contribution in [0.4, 0.5) is 21.7 Å². The second-order valence-electron chi connectivity index (χ2n) is 4.92. The first kappa shape index (κ1) is 15.5. The molecular weight excluding hydrogens is 291 g/mol. The first-order valence-electron chi connectivity index (χ1n) is 6.83. The van der Waals surface area contributed by atoms with Gasteiger partial charge in [0, 0.05) is 12.1 Å². The molecule has 1 heterocycles. The van der Waals surface area contributed by atoms with Gasteiger partial charge in [-0.1, -0.05) is 25.4 Å².